The van der Waals surface area contributed by atoms with E-state index < -0.39 is 23.4 Å². The number of carbonyl (C=O) groups is 4. The summed E-state index contributed by atoms with van der Waals surface area (Å²) in [5.74, 6) is -1.67. The number of aromatic carboxylic acids is 1. The summed E-state index contributed by atoms with van der Waals surface area (Å²) in [5, 5.41) is 13.7. The summed E-state index contributed by atoms with van der Waals surface area (Å²) in [4.78, 5) is 48.4. The number of nitrogens with one attached hydrogen (secondary N) is 2. The molecule has 1 aliphatic rings. The summed E-state index contributed by atoms with van der Waals surface area (Å²) in [7, 11) is 1.65. The minimum absolute atomic E-state index is 0.185. The van der Waals surface area contributed by atoms with Gasteiger partial charge in [0.2, 0.25) is 0 Å². The van der Waals surface area contributed by atoms with E-state index in [2.05, 4.69) is 10.6 Å². The molecular weight excluding hydrogens is 362 g/mol. The fourth-order valence-corrected chi connectivity index (χ4v) is 3.01. The van der Waals surface area contributed by atoms with Gasteiger partial charge in [-0.25, -0.2) is 9.59 Å². The number of hydrogen-bond acceptors (Lipinski definition) is 4. The van der Waals surface area contributed by atoms with Crippen molar-refractivity contribution in [1.29, 1.82) is 0 Å². The molecule has 1 atom stereocenters. The molecule has 0 aromatic heterocycles. The predicted molar refractivity (Wildman–Crippen MR) is 99.7 cm³/mol. The third kappa shape index (κ3) is 3.57. The molecule has 3 rings (SSSR count). The zero-order valence-electron chi connectivity index (χ0n) is 15.4. The summed E-state index contributed by atoms with van der Waals surface area (Å²) < 4.78 is 0. The van der Waals surface area contributed by atoms with Crippen LogP contribution < -0.4 is 10.6 Å². The van der Waals surface area contributed by atoms with Crippen LogP contribution in [0.3, 0.4) is 0 Å². The molecule has 2 aromatic rings. The van der Waals surface area contributed by atoms with Gasteiger partial charge in [0.1, 0.15) is 5.54 Å². The molecule has 0 aliphatic carbocycles. The molecule has 0 spiro atoms. The summed E-state index contributed by atoms with van der Waals surface area (Å²) in [6.45, 7) is 1.91. The van der Waals surface area contributed by atoms with Crippen LogP contribution in [0.25, 0.3) is 0 Å². The summed E-state index contributed by atoms with van der Waals surface area (Å²) in [6.07, 6.45) is 0. The van der Waals surface area contributed by atoms with Gasteiger partial charge in [0, 0.05) is 19.2 Å². The Morgan fingerprint density at radius 3 is 2.07 bits per heavy atom. The lowest BCUT2D eigenvalue weighted by molar-refractivity contribution is -0.123. The van der Waals surface area contributed by atoms with Gasteiger partial charge in [0.15, 0.2) is 0 Å². The average molecular weight is 381 g/mol. The Kier molecular flexibility index (Phi) is 4.87. The van der Waals surface area contributed by atoms with Crippen LogP contribution in [0.5, 0.6) is 0 Å². The Labute approximate surface area is 161 Å². The Morgan fingerprint density at radius 2 is 1.57 bits per heavy atom. The zero-order valence-corrected chi connectivity index (χ0v) is 15.4. The first-order chi connectivity index (χ1) is 13.2. The van der Waals surface area contributed by atoms with Crippen molar-refractivity contribution in [3.8, 4) is 0 Å². The smallest absolute Gasteiger partial charge is 0.335 e. The highest BCUT2D eigenvalue weighted by molar-refractivity contribution is 6.07. The molecule has 4 amide bonds. The lowest BCUT2D eigenvalue weighted by Crippen LogP contribution is -2.40. The van der Waals surface area contributed by atoms with Crippen LogP contribution in [-0.4, -0.2) is 40.9 Å². The van der Waals surface area contributed by atoms with Crippen molar-refractivity contribution in [1.82, 2.24) is 15.5 Å². The molecule has 1 aliphatic heterocycles. The van der Waals surface area contributed by atoms with Gasteiger partial charge in [-0.1, -0.05) is 24.3 Å². The first-order valence-corrected chi connectivity index (χ1v) is 8.52. The standard InChI is InChI=1S/C20H19N3O5/c1-20(18(27)21-19(28)22-20)15-9-7-13(8-10-15)16(24)23(2)11-12-3-5-14(6-4-12)17(25)26/h3-10H,11H2,1-2H3,(H,25,26)(H2,21,22,27,28)/t20-/m1/s1. The highest BCUT2D eigenvalue weighted by Crippen LogP contribution is 2.25. The predicted octanol–water partition coefficient (Wildman–Crippen LogP) is 1.71. The molecule has 0 saturated carbocycles. The van der Waals surface area contributed by atoms with Gasteiger partial charge < -0.3 is 15.3 Å². The first-order valence-electron chi connectivity index (χ1n) is 8.52. The third-order valence-electron chi connectivity index (χ3n) is 4.72. The first kappa shape index (κ1) is 19.1. The second kappa shape index (κ2) is 7.15. The quantitative estimate of drug-likeness (QED) is 0.682. The van der Waals surface area contributed by atoms with Gasteiger partial charge in [-0.15, -0.1) is 0 Å². The number of imide groups is 1. The van der Waals surface area contributed by atoms with Crippen LogP contribution in [0.15, 0.2) is 48.5 Å². The van der Waals surface area contributed by atoms with Gasteiger partial charge >= 0.3 is 12.0 Å². The fraction of sp³-hybridized carbons (Fsp3) is 0.200. The number of carbonyl (C=O) groups excluding carboxylic acids is 3. The molecule has 0 bridgehead atoms. The lowest BCUT2D eigenvalue weighted by Gasteiger charge is -2.22. The second-order valence-corrected chi connectivity index (χ2v) is 6.77. The van der Waals surface area contributed by atoms with Crippen LogP contribution in [0.1, 0.15) is 38.8 Å². The van der Waals surface area contributed by atoms with Crippen LogP contribution >= 0.6 is 0 Å². The maximum absolute atomic E-state index is 12.6. The Hall–Kier alpha value is -3.68. The van der Waals surface area contributed by atoms with Crippen molar-refractivity contribution >= 4 is 23.8 Å². The molecule has 1 fully saturated rings. The SMILES string of the molecule is CN(Cc1ccc(C(=O)O)cc1)C(=O)c1ccc([C@@]2(C)NC(=O)NC2=O)cc1. The normalized spacial score (nSPS) is 18.4. The van der Waals surface area contributed by atoms with Crippen molar-refractivity contribution in [3.05, 3.63) is 70.8 Å². The molecule has 1 saturated heterocycles. The van der Waals surface area contributed by atoms with Crippen molar-refractivity contribution < 1.29 is 24.3 Å². The van der Waals surface area contributed by atoms with Crippen LogP contribution in [0, 0.1) is 0 Å². The topological polar surface area (TPSA) is 116 Å². The summed E-state index contributed by atoms with van der Waals surface area (Å²) >= 11 is 0. The molecular formula is C20H19N3O5. The highest BCUT2D eigenvalue weighted by Gasteiger charge is 2.43. The number of benzene rings is 2. The van der Waals surface area contributed by atoms with Crippen LogP contribution in [0.4, 0.5) is 4.79 Å². The van der Waals surface area contributed by atoms with E-state index in [9.17, 15) is 19.2 Å². The maximum Gasteiger partial charge on any atom is 0.335 e. The summed E-state index contributed by atoms with van der Waals surface area (Å²) in [6, 6.07) is 12.2. The number of hydrogen-bond donors (Lipinski definition) is 3. The van der Waals surface area contributed by atoms with Crippen molar-refractivity contribution in [2.45, 2.75) is 19.0 Å². The van der Waals surface area contributed by atoms with Crippen molar-refractivity contribution in [3.63, 3.8) is 0 Å². The third-order valence-corrected chi connectivity index (χ3v) is 4.72. The summed E-state index contributed by atoms with van der Waals surface area (Å²) in [5.41, 5.74) is 0.817. The Bertz CT molecular complexity index is 953. The number of carboxylic acids is 1. The van der Waals surface area contributed by atoms with E-state index in [1.165, 1.54) is 17.0 Å². The van der Waals surface area contributed by atoms with E-state index in [1.54, 1.807) is 50.4 Å². The van der Waals surface area contributed by atoms with Gasteiger partial charge in [-0.2, -0.15) is 0 Å². The Morgan fingerprint density at radius 1 is 1.00 bits per heavy atom. The minimum atomic E-state index is -1.17. The molecule has 0 unspecified atom stereocenters. The molecule has 2 aromatic carbocycles. The lowest BCUT2D eigenvalue weighted by atomic mass is 9.91. The second-order valence-electron chi connectivity index (χ2n) is 6.77. The highest BCUT2D eigenvalue weighted by atomic mass is 16.4. The largest absolute Gasteiger partial charge is 0.478 e. The number of carboxylic acid groups (broad SMARTS) is 1. The number of rotatable bonds is 5. The number of urea groups is 1. The number of amides is 4. The van der Waals surface area contributed by atoms with Crippen LogP contribution in [0.2, 0.25) is 0 Å². The van der Waals surface area contributed by atoms with Crippen molar-refractivity contribution in [2.75, 3.05) is 7.05 Å². The van der Waals surface area contributed by atoms with Gasteiger partial charge in [-0.3, -0.25) is 14.9 Å². The molecule has 28 heavy (non-hydrogen) atoms. The molecule has 8 nitrogen and oxygen atoms in total. The van der Waals surface area contributed by atoms with E-state index in [1.807, 2.05) is 0 Å². The Balaban J connectivity index is 1.71. The van der Waals surface area contributed by atoms with Crippen molar-refractivity contribution in [2.24, 2.45) is 0 Å². The molecule has 3 N–H and O–H groups in total. The van der Waals surface area contributed by atoms with Crippen LogP contribution in [-0.2, 0) is 16.9 Å². The van der Waals surface area contributed by atoms with Gasteiger partial charge in [0.25, 0.3) is 11.8 Å². The van der Waals surface area contributed by atoms with E-state index in [0.717, 1.165) is 5.56 Å². The molecule has 1 heterocycles. The van der Waals surface area contributed by atoms with E-state index in [-0.39, 0.29) is 11.5 Å². The minimum Gasteiger partial charge on any atom is -0.478 e. The maximum atomic E-state index is 12.6. The van der Waals surface area contributed by atoms with E-state index in [4.69, 9.17) is 5.11 Å². The molecule has 144 valence electrons. The molecule has 8 heteroatoms. The van der Waals surface area contributed by atoms with Gasteiger partial charge in [-0.05, 0) is 42.3 Å². The average Bonchev–Trinajstić information content (AvgIpc) is 2.94. The monoisotopic (exact) mass is 381 g/mol. The van der Waals surface area contributed by atoms with E-state index >= 15 is 0 Å². The number of nitrogens with zero attached hydrogens (tertiary/aromatic N) is 1. The molecule has 0 radical (unpaired) electrons. The zero-order chi connectivity index (χ0) is 20.5. The van der Waals surface area contributed by atoms with E-state index in [0.29, 0.717) is 17.7 Å². The van der Waals surface area contributed by atoms with Gasteiger partial charge in [0.05, 0.1) is 5.56 Å². The fourth-order valence-electron chi connectivity index (χ4n) is 3.01.